The van der Waals surface area contributed by atoms with Gasteiger partial charge in [0.1, 0.15) is 0 Å². The lowest BCUT2D eigenvalue weighted by Crippen LogP contribution is -2.35. The summed E-state index contributed by atoms with van der Waals surface area (Å²) < 4.78 is 23.7. The van der Waals surface area contributed by atoms with Gasteiger partial charge in [-0.2, -0.15) is 0 Å². The summed E-state index contributed by atoms with van der Waals surface area (Å²) in [7, 11) is -3.11. The monoisotopic (exact) mass is 312 g/mol. The largest absolute Gasteiger partial charge is 0.335 e. The third-order valence-electron chi connectivity index (χ3n) is 3.29. The molecule has 0 aliphatic rings. The van der Waals surface area contributed by atoms with E-state index in [1.54, 1.807) is 38.1 Å². The number of sulfone groups is 1. The standard InChI is InChI=1S/C15H24N2O3S/c1-5-12(4)16-15(18)17-14-8-6-13(7-9-14)10-21(19,20)11(2)3/h6-9,11-12H,5,10H2,1-4H3,(H2,16,17,18). The van der Waals surface area contributed by atoms with Crippen molar-refractivity contribution in [3.05, 3.63) is 29.8 Å². The number of amides is 2. The van der Waals surface area contributed by atoms with E-state index < -0.39 is 15.1 Å². The lowest BCUT2D eigenvalue weighted by Gasteiger charge is -2.13. The van der Waals surface area contributed by atoms with Crippen molar-refractivity contribution in [1.82, 2.24) is 5.32 Å². The van der Waals surface area contributed by atoms with Gasteiger partial charge in [-0.05, 0) is 44.9 Å². The van der Waals surface area contributed by atoms with Gasteiger partial charge in [0.2, 0.25) is 0 Å². The first kappa shape index (κ1) is 17.5. The minimum Gasteiger partial charge on any atom is -0.335 e. The summed E-state index contributed by atoms with van der Waals surface area (Å²) in [6, 6.07) is 6.72. The van der Waals surface area contributed by atoms with Crippen LogP contribution < -0.4 is 10.6 Å². The Labute approximate surface area is 127 Å². The molecule has 0 saturated heterocycles. The first-order valence-electron chi connectivity index (χ1n) is 7.12. The molecule has 1 atom stereocenters. The number of urea groups is 1. The smallest absolute Gasteiger partial charge is 0.319 e. The summed E-state index contributed by atoms with van der Waals surface area (Å²) in [5.74, 6) is 0.0179. The minimum atomic E-state index is -3.11. The number of carbonyl (C=O) groups is 1. The van der Waals surface area contributed by atoms with Gasteiger partial charge in [0.05, 0.1) is 11.0 Å². The Morgan fingerprint density at radius 2 is 1.71 bits per heavy atom. The van der Waals surface area contributed by atoms with Crippen LogP contribution in [-0.4, -0.2) is 25.7 Å². The summed E-state index contributed by atoms with van der Waals surface area (Å²) in [4.78, 5) is 11.7. The van der Waals surface area contributed by atoms with Crippen LogP contribution in [0.15, 0.2) is 24.3 Å². The molecule has 5 nitrogen and oxygen atoms in total. The molecule has 0 bridgehead atoms. The fourth-order valence-corrected chi connectivity index (χ4v) is 2.57. The number of nitrogens with one attached hydrogen (secondary N) is 2. The molecule has 21 heavy (non-hydrogen) atoms. The fraction of sp³-hybridized carbons (Fsp3) is 0.533. The van der Waals surface area contributed by atoms with Crippen LogP contribution in [0.4, 0.5) is 10.5 Å². The zero-order valence-corrected chi connectivity index (χ0v) is 13.8. The third-order valence-corrected chi connectivity index (χ3v) is 5.46. The molecule has 0 aliphatic heterocycles. The van der Waals surface area contributed by atoms with Crippen LogP contribution in [0.25, 0.3) is 0 Å². The molecule has 2 N–H and O–H groups in total. The van der Waals surface area contributed by atoms with Gasteiger partial charge >= 0.3 is 6.03 Å². The van der Waals surface area contributed by atoms with Crippen molar-refractivity contribution >= 4 is 21.6 Å². The molecule has 118 valence electrons. The van der Waals surface area contributed by atoms with Crippen molar-refractivity contribution < 1.29 is 13.2 Å². The fourth-order valence-electron chi connectivity index (χ4n) is 1.58. The summed E-state index contributed by atoms with van der Waals surface area (Å²) >= 11 is 0. The highest BCUT2D eigenvalue weighted by Crippen LogP contribution is 2.14. The van der Waals surface area contributed by atoms with Crippen molar-refractivity contribution in [2.24, 2.45) is 0 Å². The molecular weight excluding hydrogens is 288 g/mol. The van der Waals surface area contributed by atoms with Crippen molar-refractivity contribution in [2.75, 3.05) is 5.32 Å². The van der Waals surface area contributed by atoms with Crippen LogP contribution in [0, 0.1) is 0 Å². The van der Waals surface area contributed by atoms with Crippen LogP contribution >= 0.6 is 0 Å². The molecule has 1 unspecified atom stereocenters. The van der Waals surface area contributed by atoms with Gasteiger partial charge in [0, 0.05) is 11.7 Å². The maximum atomic E-state index is 11.8. The maximum Gasteiger partial charge on any atom is 0.319 e. The normalized spacial score (nSPS) is 13.0. The zero-order valence-electron chi connectivity index (χ0n) is 13.0. The zero-order chi connectivity index (χ0) is 16.0. The average Bonchev–Trinajstić information content (AvgIpc) is 2.40. The van der Waals surface area contributed by atoms with E-state index in [0.29, 0.717) is 5.69 Å². The Morgan fingerprint density at radius 1 is 1.14 bits per heavy atom. The second kappa shape index (κ2) is 7.45. The first-order chi connectivity index (χ1) is 9.74. The van der Waals surface area contributed by atoms with Gasteiger partial charge in [0.15, 0.2) is 9.84 Å². The Hall–Kier alpha value is -1.56. The molecule has 0 radical (unpaired) electrons. The summed E-state index contributed by atoms with van der Waals surface area (Å²) in [6.45, 7) is 7.27. The Kier molecular flexibility index (Phi) is 6.20. The number of hydrogen-bond acceptors (Lipinski definition) is 3. The average molecular weight is 312 g/mol. The number of benzene rings is 1. The van der Waals surface area contributed by atoms with Gasteiger partial charge in [-0.3, -0.25) is 0 Å². The van der Waals surface area contributed by atoms with Gasteiger partial charge in [-0.15, -0.1) is 0 Å². The minimum absolute atomic E-state index is 0.0179. The molecule has 1 rings (SSSR count). The molecule has 0 spiro atoms. The molecule has 1 aromatic rings. The Balaban J connectivity index is 2.65. The molecule has 0 fully saturated rings. The topological polar surface area (TPSA) is 75.3 Å². The molecular formula is C15H24N2O3S. The van der Waals surface area contributed by atoms with Crippen LogP contribution in [0.2, 0.25) is 0 Å². The van der Waals surface area contributed by atoms with Crippen LogP contribution in [0.3, 0.4) is 0 Å². The number of rotatable bonds is 6. The van der Waals surface area contributed by atoms with E-state index in [2.05, 4.69) is 10.6 Å². The van der Waals surface area contributed by atoms with Crippen molar-refractivity contribution in [3.8, 4) is 0 Å². The molecule has 0 aromatic heterocycles. The summed E-state index contributed by atoms with van der Waals surface area (Å²) in [6.07, 6.45) is 0.861. The third kappa shape index (κ3) is 5.75. The van der Waals surface area contributed by atoms with Gasteiger partial charge in [-0.1, -0.05) is 19.1 Å². The van der Waals surface area contributed by atoms with Crippen molar-refractivity contribution in [2.45, 2.75) is 51.2 Å². The number of anilines is 1. The lowest BCUT2D eigenvalue weighted by atomic mass is 10.2. The van der Waals surface area contributed by atoms with E-state index in [-0.39, 0.29) is 17.8 Å². The molecule has 6 heteroatoms. The molecule has 0 heterocycles. The second-order valence-electron chi connectivity index (χ2n) is 5.46. The van der Waals surface area contributed by atoms with E-state index in [9.17, 15) is 13.2 Å². The second-order valence-corrected chi connectivity index (χ2v) is 8.02. The number of carbonyl (C=O) groups excluding carboxylic acids is 1. The Morgan fingerprint density at radius 3 is 2.19 bits per heavy atom. The predicted octanol–water partition coefficient (Wildman–Crippen LogP) is 2.93. The molecule has 0 aliphatic carbocycles. The van der Waals surface area contributed by atoms with Crippen molar-refractivity contribution in [1.29, 1.82) is 0 Å². The van der Waals surface area contributed by atoms with Crippen LogP contribution in [0.1, 0.15) is 39.7 Å². The Bertz CT molecular complexity index is 565. The molecule has 0 saturated carbocycles. The highest BCUT2D eigenvalue weighted by Gasteiger charge is 2.16. The molecule has 1 aromatic carbocycles. The van der Waals surface area contributed by atoms with Crippen LogP contribution in [-0.2, 0) is 15.6 Å². The SMILES string of the molecule is CCC(C)NC(=O)Nc1ccc(CS(=O)(=O)C(C)C)cc1. The van der Waals surface area contributed by atoms with Crippen molar-refractivity contribution in [3.63, 3.8) is 0 Å². The van der Waals surface area contributed by atoms with E-state index in [0.717, 1.165) is 12.0 Å². The van der Waals surface area contributed by atoms with E-state index >= 15 is 0 Å². The lowest BCUT2D eigenvalue weighted by molar-refractivity contribution is 0.249. The van der Waals surface area contributed by atoms with Gasteiger partial charge in [-0.25, -0.2) is 13.2 Å². The highest BCUT2D eigenvalue weighted by atomic mass is 32.2. The van der Waals surface area contributed by atoms with Crippen LogP contribution in [0.5, 0.6) is 0 Å². The highest BCUT2D eigenvalue weighted by molar-refractivity contribution is 7.91. The van der Waals surface area contributed by atoms with E-state index in [1.165, 1.54) is 0 Å². The maximum absolute atomic E-state index is 11.8. The molecule has 2 amide bonds. The summed E-state index contributed by atoms with van der Waals surface area (Å²) in [5.41, 5.74) is 1.36. The van der Waals surface area contributed by atoms with Gasteiger partial charge in [0.25, 0.3) is 0 Å². The van der Waals surface area contributed by atoms with E-state index in [1.807, 2.05) is 13.8 Å². The summed E-state index contributed by atoms with van der Waals surface area (Å²) in [5, 5.41) is 5.13. The quantitative estimate of drug-likeness (QED) is 0.848. The van der Waals surface area contributed by atoms with Gasteiger partial charge < -0.3 is 10.6 Å². The predicted molar refractivity (Wildman–Crippen MR) is 86.1 cm³/mol. The first-order valence-corrected chi connectivity index (χ1v) is 8.84. The number of hydrogen-bond donors (Lipinski definition) is 2. The van der Waals surface area contributed by atoms with E-state index in [4.69, 9.17) is 0 Å².